The van der Waals surface area contributed by atoms with Gasteiger partial charge in [-0.2, -0.15) is 0 Å². The molecule has 0 unspecified atom stereocenters. The van der Waals surface area contributed by atoms with Crippen LogP contribution in [-0.4, -0.2) is 22.6 Å². The quantitative estimate of drug-likeness (QED) is 0.465. The highest BCUT2D eigenvalue weighted by Gasteiger charge is 2.33. The summed E-state index contributed by atoms with van der Waals surface area (Å²) in [6.45, 7) is 2.69. The van der Waals surface area contributed by atoms with Gasteiger partial charge in [0, 0.05) is 10.1 Å². The highest BCUT2D eigenvalue weighted by Crippen LogP contribution is 2.32. The van der Waals surface area contributed by atoms with Crippen LogP contribution in [0.2, 0.25) is 0 Å². The molecule has 3 rings (SSSR count). The fraction of sp³-hybridized carbons (Fsp3) is 0.158. The number of thioether (sulfide) groups is 1. The molecule has 2 amide bonds. The lowest BCUT2D eigenvalue weighted by Crippen LogP contribution is -2.27. The Balaban J connectivity index is 1.64. The molecule has 0 radical (unpaired) electrons. The van der Waals surface area contributed by atoms with Gasteiger partial charge >= 0.3 is 0 Å². The molecule has 1 aliphatic rings. The fourth-order valence-corrected chi connectivity index (χ4v) is 3.59. The summed E-state index contributed by atoms with van der Waals surface area (Å²) in [6.07, 6.45) is 1.74. The Labute approximate surface area is 164 Å². The summed E-state index contributed by atoms with van der Waals surface area (Å²) in [5.74, 6) is 0.536. The predicted octanol–water partition coefficient (Wildman–Crippen LogP) is 4.93. The predicted molar refractivity (Wildman–Crippen MR) is 108 cm³/mol. The van der Waals surface area contributed by atoms with Crippen LogP contribution in [0.5, 0.6) is 5.75 Å². The molecule has 1 aliphatic heterocycles. The molecule has 0 N–H and O–H groups in total. The number of rotatable bonds is 5. The van der Waals surface area contributed by atoms with Crippen molar-refractivity contribution < 1.29 is 14.3 Å². The van der Waals surface area contributed by atoms with Gasteiger partial charge in [0.05, 0.1) is 4.91 Å². The molecule has 0 saturated carbocycles. The molecule has 2 aromatic rings. The summed E-state index contributed by atoms with van der Waals surface area (Å²) >= 11 is 3.25. The van der Waals surface area contributed by atoms with Crippen molar-refractivity contribution in [3.8, 4) is 5.75 Å². The Kier molecular flexibility index (Phi) is 5.80. The molecular weight excluding hydrogens is 449 g/mol. The van der Waals surface area contributed by atoms with E-state index in [1.54, 1.807) is 13.0 Å². The van der Waals surface area contributed by atoms with Crippen LogP contribution in [0, 0.1) is 3.57 Å². The normalized spacial score (nSPS) is 15.9. The van der Waals surface area contributed by atoms with E-state index < -0.39 is 0 Å². The lowest BCUT2D eigenvalue weighted by atomic mass is 10.2. The number of carbonyl (C=O) groups is 2. The van der Waals surface area contributed by atoms with Gasteiger partial charge < -0.3 is 4.74 Å². The van der Waals surface area contributed by atoms with E-state index in [-0.39, 0.29) is 11.1 Å². The number of carbonyl (C=O) groups excluding carboxylic acids is 2. The van der Waals surface area contributed by atoms with Crippen molar-refractivity contribution in [3.05, 3.63) is 68.1 Å². The van der Waals surface area contributed by atoms with E-state index in [4.69, 9.17) is 4.74 Å². The van der Waals surface area contributed by atoms with Gasteiger partial charge in [0.2, 0.25) is 0 Å². The average molecular weight is 465 g/mol. The number of nitrogens with zero attached hydrogens (tertiary/aromatic N) is 1. The smallest absolute Gasteiger partial charge is 0.293 e. The molecule has 0 aromatic heterocycles. The second kappa shape index (κ2) is 8.05. The van der Waals surface area contributed by atoms with E-state index >= 15 is 0 Å². The van der Waals surface area contributed by atoms with Crippen molar-refractivity contribution in [2.45, 2.75) is 13.5 Å². The van der Waals surface area contributed by atoms with Crippen LogP contribution in [0.4, 0.5) is 4.79 Å². The highest BCUT2D eigenvalue weighted by atomic mass is 127. The second-order valence-corrected chi connectivity index (χ2v) is 7.65. The maximum atomic E-state index is 12.1. The molecule has 0 bridgehead atoms. The van der Waals surface area contributed by atoms with E-state index in [1.807, 2.05) is 48.5 Å². The van der Waals surface area contributed by atoms with Gasteiger partial charge in [-0.15, -0.1) is 0 Å². The van der Waals surface area contributed by atoms with Crippen molar-refractivity contribution in [1.82, 2.24) is 4.90 Å². The Morgan fingerprint density at radius 1 is 1.08 bits per heavy atom. The molecule has 0 aliphatic carbocycles. The number of likely N-dealkylation sites (N-methyl/N-ethyl adjacent to an activating group) is 1. The van der Waals surface area contributed by atoms with E-state index in [0.717, 1.165) is 28.6 Å². The maximum Gasteiger partial charge on any atom is 0.293 e. The summed E-state index contributed by atoms with van der Waals surface area (Å²) in [6, 6.07) is 15.7. The van der Waals surface area contributed by atoms with Crippen molar-refractivity contribution in [3.63, 3.8) is 0 Å². The van der Waals surface area contributed by atoms with Crippen LogP contribution in [0.25, 0.3) is 6.08 Å². The third kappa shape index (κ3) is 4.43. The average Bonchev–Trinajstić information content (AvgIpc) is 2.88. The molecule has 1 saturated heterocycles. The van der Waals surface area contributed by atoms with E-state index in [0.29, 0.717) is 18.1 Å². The maximum absolute atomic E-state index is 12.1. The van der Waals surface area contributed by atoms with Gasteiger partial charge in [-0.1, -0.05) is 24.3 Å². The number of hydrogen-bond acceptors (Lipinski definition) is 4. The van der Waals surface area contributed by atoms with Crippen LogP contribution in [0.3, 0.4) is 0 Å². The summed E-state index contributed by atoms with van der Waals surface area (Å²) in [5, 5.41) is -0.212. The molecular formula is C19H16INO3S. The lowest BCUT2D eigenvalue weighted by molar-refractivity contribution is -0.122. The molecule has 0 atom stereocenters. The van der Waals surface area contributed by atoms with E-state index in [2.05, 4.69) is 22.6 Å². The van der Waals surface area contributed by atoms with Gasteiger partial charge in [-0.25, -0.2) is 0 Å². The Morgan fingerprint density at radius 2 is 1.76 bits per heavy atom. The number of halogens is 1. The van der Waals surface area contributed by atoms with Crippen molar-refractivity contribution >= 4 is 51.6 Å². The van der Waals surface area contributed by atoms with Gasteiger partial charge in [0.15, 0.2) is 0 Å². The third-order valence-corrected chi connectivity index (χ3v) is 5.31. The zero-order valence-corrected chi connectivity index (χ0v) is 16.5. The molecule has 25 heavy (non-hydrogen) atoms. The first kappa shape index (κ1) is 18.0. The number of hydrogen-bond donors (Lipinski definition) is 0. The minimum Gasteiger partial charge on any atom is -0.489 e. The monoisotopic (exact) mass is 465 g/mol. The van der Waals surface area contributed by atoms with Crippen LogP contribution >= 0.6 is 34.4 Å². The van der Waals surface area contributed by atoms with E-state index in [1.165, 1.54) is 8.47 Å². The van der Waals surface area contributed by atoms with Crippen LogP contribution in [0.15, 0.2) is 53.4 Å². The Hall–Kier alpha value is -1.80. The lowest BCUT2D eigenvalue weighted by Gasteiger charge is -2.07. The molecule has 4 nitrogen and oxygen atoms in total. The zero-order valence-electron chi connectivity index (χ0n) is 13.6. The number of benzene rings is 2. The summed E-state index contributed by atoms with van der Waals surface area (Å²) in [4.78, 5) is 25.5. The SMILES string of the molecule is CCN1C(=O)S/C(=C\c2ccc(OCc3ccc(I)cc3)cc2)C1=O. The largest absolute Gasteiger partial charge is 0.489 e. The van der Waals surface area contributed by atoms with Crippen LogP contribution < -0.4 is 4.74 Å². The minimum atomic E-state index is -0.225. The number of ether oxygens (including phenoxy) is 1. The van der Waals surface area contributed by atoms with Crippen LogP contribution in [-0.2, 0) is 11.4 Å². The standard InChI is InChI=1S/C19H16INO3S/c1-2-21-18(22)17(25-19(21)23)11-13-5-9-16(10-6-13)24-12-14-3-7-15(20)8-4-14/h3-11H,2,12H2,1H3/b17-11-. The number of amides is 2. The topological polar surface area (TPSA) is 46.6 Å². The first-order chi connectivity index (χ1) is 12.1. The molecule has 6 heteroatoms. The summed E-state index contributed by atoms with van der Waals surface area (Å²) in [7, 11) is 0. The summed E-state index contributed by atoms with van der Waals surface area (Å²) in [5.41, 5.74) is 1.97. The van der Waals surface area contributed by atoms with Crippen molar-refractivity contribution in [2.24, 2.45) is 0 Å². The molecule has 1 fully saturated rings. The van der Waals surface area contributed by atoms with Crippen molar-refractivity contribution in [1.29, 1.82) is 0 Å². The molecule has 128 valence electrons. The minimum absolute atomic E-state index is 0.212. The molecule has 1 heterocycles. The van der Waals surface area contributed by atoms with E-state index in [9.17, 15) is 9.59 Å². The first-order valence-corrected chi connectivity index (χ1v) is 9.69. The highest BCUT2D eigenvalue weighted by molar-refractivity contribution is 14.1. The van der Waals surface area contributed by atoms with Crippen molar-refractivity contribution in [2.75, 3.05) is 6.54 Å². The van der Waals surface area contributed by atoms with Gasteiger partial charge in [0.1, 0.15) is 12.4 Å². The molecule has 2 aromatic carbocycles. The fourth-order valence-electron chi connectivity index (χ4n) is 2.33. The Bertz CT molecular complexity index is 816. The molecule has 0 spiro atoms. The van der Waals surface area contributed by atoms with Gasteiger partial charge in [-0.05, 0) is 82.7 Å². The Morgan fingerprint density at radius 3 is 2.36 bits per heavy atom. The van der Waals surface area contributed by atoms with Gasteiger partial charge in [0.25, 0.3) is 11.1 Å². The first-order valence-electron chi connectivity index (χ1n) is 7.79. The summed E-state index contributed by atoms with van der Waals surface area (Å²) < 4.78 is 6.96. The van der Waals surface area contributed by atoms with Gasteiger partial charge in [-0.3, -0.25) is 14.5 Å². The van der Waals surface area contributed by atoms with Crippen LogP contribution in [0.1, 0.15) is 18.1 Å². The zero-order chi connectivity index (χ0) is 17.8. The third-order valence-electron chi connectivity index (χ3n) is 3.69. The second-order valence-electron chi connectivity index (χ2n) is 5.41. The number of imide groups is 1.